The molecule has 0 bridgehead atoms. The molecule has 0 spiro atoms. The lowest BCUT2D eigenvalue weighted by Crippen LogP contribution is -2.42. The largest absolute Gasteiger partial charge is 0.459 e. The highest BCUT2D eigenvalue weighted by atomic mass is 16.3. The zero-order valence-corrected chi connectivity index (χ0v) is 18.0. The van der Waals surface area contributed by atoms with Crippen LogP contribution in [0.2, 0.25) is 0 Å². The predicted octanol–water partition coefficient (Wildman–Crippen LogP) is 2.36. The molecule has 1 aliphatic rings. The second-order valence-corrected chi connectivity index (χ2v) is 8.37. The summed E-state index contributed by atoms with van der Waals surface area (Å²) in [5.41, 5.74) is 2.45. The van der Waals surface area contributed by atoms with E-state index < -0.39 is 0 Å². The maximum Gasteiger partial charge on any atom is 0.289 e. The highest BCUT2D eigenvalue weighted by Gasteiger charge is 2.38. The number of likely N-dealkylation sites (N-methyl/N-ethyl adjacent to an activating group) is 1. The topological polar surface area (TPSA) is 121 Å². The van der Waals surface area contributed by atoms with Crippen LogP contribution < -0.4 is 5.32 Å². The lowest BCUT2D eigenvalue weighted by molar-refractivity contribution is -0.122. The van der Waals surface area contributed by atoms with E-state index in [4.69, 9.17) is 4.42 Å². The average Bonchev–Trinajstić information content (AvgIpc) is 3.57. The summed E-state index contributed by atoms with van der Waals surface area (Å²) < 4.78 is 7.19. The van der Waals surface area contributed by atoms with Crippen LogP contribution in [0.15, 0.2) is 41.3 Å². The Morgan fingerprint density at radius 2 is 2.19 bits per heavy atom. The van der Waals surface area contributed by atoms with Crippen LogP contribution in [0.1, 0.15) is 48.5 Å². The van der Waals surface area contributed by atoms with E-state index in [0.717, 1.165) is 36.3 Å². The lowest BCUT2D eigenvalue weighted by atomic mass is 9.93. The highest BCUT2D eigenvalue weighted by Crippen LogP contribution is 2.41. The lowest BCUT2D eigenvalue weighted by Gasteiger charge is -2.18. The molecule has 4 aromatic rings. The van der Waals surface area contributed by atoms with Crippen molar-refractivity contribution in [2.24, 2.45) is 5.92 Å². The first-order valence-electron chi connectivity index (χ1n) is 10.8. The predicted molar refractivity (Wildman–Crippen MR) is 116 cm³/mol. The van der Waals surface area contributed by atoms with Gasteiger partial charge in [-0.3, -0.25) is 14.0 Å². The van der Waals surface area contributed by atoms with E-state index in [1.54, 1.807) is 25.4 Å². The summed E-state index contributed by atoms with van der Waals surface area (Å²) in [6.45, 7) is 2.13. The molecule has 0 aromatic carbocycles. The molecule has 5 rings (SSSR count). The Morgan fingerprint density at radius 3 is 2.97 bits per heavy atom. The highest BCUT2D eigenvalue weighted by molar-refractivity contribution is 5.94. The third-order valence-electron chi connectivity index (χ3n) is 6.34. The zero-order chi connectivity index (χ0) is 22.2. The van der Waals surface area contributed by atoms with Crippen molar-refractivity contribution in [1.29, 1.82) is 0 Å². The Bertz CT molecular complexity index is 1260. The van der Waals surface area contributed by atoms with Gasteiger partial charge >= 0.3 is 0 Å². The molecule has 166 valence electrons. The first-order chi connectivity index (χ1) is 15.5. The Hall–Kier alpha value is -3.69. The number of carbonyl (C=O) groups excluding carboxylic acids is 2. The Labute approximate surface area is 184 Å². The van der Waals surface area contributed by atoms with Crippen molar-refractivity contribution in [1.82, 2.24) is 34.8 Å². The average molecular weight is 435 g/mol. The van der Waals surface area contributed by atoms with E-state index in [-0.39, 0.29) is 36.1 Å². The van der Waals surface area contributed by atoms with Gasteiger partial charge in [0.15, 0.2) is 17.1 Å². The number of aromatic amines is 1. The standard InChI is InChI=1S/C22H25N7O3/c1-3-13-9-14(25-19(30)12-28(2)22(31)17-5-4-8-32-17)10-15(13)21-27-26-18-11-24-20-16(29(18)21)6-7-23-20/h4-8,11,13-15,23H,3,9-10,12H2,1-2H3,(H,25,30)/t13-,14+,15+/m1/s1. The quantitative estimate of drug-likeness (QED) is 0.480. The number of hydrogen-bond acceptors (Lipinski definition) is 6. The summed E-state index contributed by atoms with van der Waals surface area (Å²) in [5.74, 6) is 1.16. The van der Waals surface area contributed by atoms with E-state index in [0.29, 0.717) is 11.6 Å². The van der Waals surface area contributed by atoms with Gasteiger partial charge in [0.25, 0.3) is 5.91 Å². The van der Waals surface area contributed by atoms with Crippen molar-refractivity contribution in [3.63, 3.8) is 0 Å². The molecular weight excluding hydrogens is 410 g/mol. The van der Waals surface area contributed by atoms with Crippen LogP contribution in [-0.2, 0) is 4.79 Å². The van der Waals surface area contributed by atoms with Crippen molar-refractivity contribution in [3.8, 4) is 0 Å². The molecule has 10 nitrogen and oxygen atoms in total. The zero-order valence-electron chi connectivity index (χ0n) is 18.0. The van der Waals surface area contributed by atoms with Crippen molar-refractivity contribution >= 4 is 28.6 Å². The summed E-state index contributed by atoms with van der Waals surface area (Å²) in [7, 11) is 1.59. The van der Waals surface area contributed by atoms with Crippen molar-refractivity contribution < 1.29 is 14.0 Å². The number of rotatable bonds is 6. The fourth-order valence-corrected chi connectivity index (χ4v) is 4.80. The fraction of sp³-hybridized carbons (Fsp3) is 0.409. The van der Waals surface area contributed by atoms with Crippen LogP contribution in [-0.4, -0.2) is 60.9 Å². The second-order valence-electron chi connectivity index (χ2n) is 8.37. The first kappa shape index (κ1) is 20.2. The van der Waals surface area contributed by atoms with E-state index >= 15 is 0 Å². The number of nitrogens with one attached hydrogen (secondary N) is 2. The summed E-state index contributed by atoms with van der Waals surface area (Å²) >= 11 is 0. The van der Waals surface area contributed by atoms with Gasteiger partial charge in [-0.25, -0.2) is 4.98 Å². The van der Waals surface area contributed by atoms with Gasteiger partial charge in [-0.1, -0.05) is 13.3 Å². The van der Waals surface area contributed by atoms with E-state index in [1.807, 2.05) is 12.3 Å². The van der Waals surface area contributed by atoms with Crippen LogP contribution >= 0.6 is 0 Å². The minimum Gasteiger partial charge on any atom is -0.459 e. The molecule has 0 radical (unpaired) electrons. The second kappa shape index (κ2) is 8.10. The van der Waals surface area contributed by atoms with Crippen LogP contribution in [0.4, 0.5) is 0 Å². The number of nitrogens with zero attached hydrogens (tertiary/aromatic N) is 5. The van der Waals surface area contributed by atoms with E-state index in [1.165, 1.54) is 11.2 Å². The maximum absolute atomic E-state index is 12.6. The summed E-state index contributed by atoms with van der Waals surface area (Å²) in [6.07, 6.45) is 7.63. The molecule has 32 heavy (non-hydrogen) atoms. The summed E-state index contributed by atoms with van der Waals surface area (Å²) in [5, 5.41) is 11.9. The molecule has 10 heteroatoms. The van der Waals surface area contributed by atoms with Crippen molar-refractivity contribution in [3.05, 3.63) is 48.4 Å². The van der Waals surface area contributed by atoms with Crippen LogP contribution in [0.5, 0.6) is 0 Å². The summed E-state index contributed by atoms with van der Waals surface area (Å²) in [6, 6.07) is 5.23. The van der Waals surface area contributed by atoms with E-state index in [2.05, 4.69) is 36.8 Å². The first-order valence-corrected chi connectivity index (χ1v) is 10.8. The van der Waals surface area contributed by atoms with Crippen molar-refractivity contribution in [2.45, 2.75) is 38.1 Å². The molecule has 0 saturated heterocycles. The molecule has 4 aromatic heterocycles. The summed E-state index contributed by atoms with van der Waals surface area (Å²) in [4.78, 5) is 33.8. The molecule has 0 unspecified atom stereocenters. The van der Waals surface area contributed by atoms with Crippen LogP contribution in [0.3, 0.4) is 0 Å². The van der Waals surface area contributed by atoms with Gasteiger partial charge in [0.1, 0.15) is 5.82 Å². The number of carbonyl (C=O) groups is 2. The number of furan rings is 1. The number of aromatic nitrogens is 5. The van der Waals surface area contributed by atoms with Crippen LogP contribution in [0, 0.1) is 5.92 Å². The monoisotopic (exact) mass is 435 g/mol. The van der Waals surface area contributed by atoms with E-state index in [9.17, 15) is 9.59 Å². The van der Waals surface area contributed by atoms with Crippen molar-refractivity contribution in [2.75, 3.05) is 13.6 Å². The normalized spacial score (nSPS) is 20.8. The van der Waals surface area contributed by atoms with Gasteiger partial charge in [0, 0.05) is 25.2 Å². The number of H-pyrrole nitrogens is 1. The maximum atomic E-state index is 12.6. The number of fused-ring (bicyclic) bond motifs is 3. The molecule has 1 saturated carbocycles. The minimum absolute atomic E-state index is 0.0143. The number of hydrogen-bond donors (Lipinski definition) is 2. The van der Waals surface area contributed by atoms with Gasteiger partial charge < -0.3 is 19.6 Å². The third kappa shape index (κ3) is 3.51. The minimum atomic E-state index is -0.319. The SMILES string of the molecule is CC[C@@H]1C[C@H](NC(=O)CN(C)C(=O)c2ccco2)C[C@@H]1c1nnc2cnc3[nH]ccc3n12. The van der Waals surface area contributed by atoms with Gasteiger partial charge in [-0.2, -0.15) is 0 Å². The molecule has 2 N–H and O–H groups in total. The van der Waals surface area contributed by atoms with Gasteiger partial charge in [0.05, 0.1) is 24.5 Å². The fourth-order valence-electron chi connectivity index (χ4n) is 4.80. The molecule has 4 heterocycles. The Kier molecular flexibility index (Phi) is 5.12. The molecule has 3 atom stereocenters. The Balaban J connectivity index is 1.30. The van der Waals surface area contributed by atoms with Gasteiger partial charge in [-0.15, -0.1) is 10.2 Å². The third-order valence-corrected chi connectivity index (χ3v) is 6.34. The van der Waals surface area contributed by atoms with Gasteiger partial charge in [0.2, 0.25) is 5.91 Å². The molecular formula is C22H25N7O3. The van der Waals surface area contributed by atoms with Crippen LogP contribution in [0.25, 0.3) is 16.8 Å². The number of amides is 2. The Morgan fingerprint density at radius 1 is 1.31 bits per heavy atom. The smallest absolute Gasteiger partial charge is 0.289 e. The molecule has 1 fully saturated rings. The van der Waals surface area contributed by atoms with Gasteiger partial charge in [-0.05, 0) is 37.0 Å². The molecule has 2 amide bonds. The molecule has 0 aliphatic heterocycles. The molecule has 1 aliphatic carbocycles.